The lowest BCUT2D eigenvalue weighted by Gasteiger charge is -2.27. The lowest BCUT2D eigenvalue weighted by Crippen LogP contribution is -2.43. The van der Waals surface area contributed by atoms with E-state index in [0.717, 1.165) is 10.5 Å². The first-order valence-electron chi connectivity index (χ1n) is 8.73. The number of rotatable bonds is 3. The zero-order chi connectivity index (χ0) is 20.8. The number of fused-ring (bicyclic) bond motifs is 1. The molecule has 2 heterocycles. The van der Waals surface area contributed by atoms with E-state index in [-0.39, 0.29) is 18.7 Å². The molecular weight excluding hydrogens is 426 g/mol. The minimum Gasteiger partial charge on any atom is -0.328 e. The van der Waals surface area contributed by atoms with Gasteiger partial charge < -0.3 is 4.90 Å². The molecule has 0 saturated heterocycles. The number of halogens is 5. The van der Waals surface area contributed by atoms with Crippen LogP contribution in [-0.2, 0) is 6.42 Å². The zero-order valence-corrected chi connectivity index (χ0v) is 16.4. The molecule has 0 unspecified atom stereocenters. The monoisotopic (exact) mass is 439 g/mol. The molecule has 1 amide bonds. The molecule has 1 aliphatic heterocycles. The van der Waals surface area contributed by atoms with Gasteiger partial charge in [0.25, 0.3) is 5.91 Å². The highest BCUT2D eigenvalue weighted by Crippen LogP contribution is 2.35. The minimum atomic E-state index is -4.47. The van der Waals surface area contributed by atoms with E-state index in [1.54, 1.807) is 48.5 Å². The van der Waals surface area contributed by atoms with Crippen molar-refractivity contribution in [2.24, 2.45) is 0 Å². The summed E-state index contributed by atoms with van der Waals surface area (Å²) in [5.74, 6) is -0.746. The van der Waals surface area contributed by atoms with Crippen LogP contribution in [-0.4, -0.2) is 39.9 Å². The SMILES string of the molecule is O=C1c2nn(-c3ccccc3Cl)c(-c3ccc(Cl)cc3)c2CCN1CC(F)(F)F. The van der Waals surface area contributed by atoms with Crippen LogP contribution in [0.4, 0.5) is 13.2 Å². The third-order valence-electron chi connectivity index (χ3n) is 4.67. The van der Waals surface area contributed by atoms with Crippen molar-refractivity contribution in [3.8, 4) is 16.9 Å². The minimum absolute atomic E-state index is 0.00497. The van der Waals surface area contributed by atoms with E-state index in [4.69, 9.17) is 23.2 Å². The highest BCUT2D eigenvalue weighted by atomic mass is 35.5. The maximum absolute atomic E-state index is 12.8. The molecule has 0 aliphatic carbocycles. The molecule has 0 bridgehead atoms. The first-order valence-corrected chi connectivity index (χ1v) is 9.49. The number of carbonyl (C=O) groups excluding carboxylic acids is 1. The van der Waals surface area contributed by atoms with Crippen LogP contribution in [0.5, 0.6) is 0 Å². The van der Waals surface area contributed by atoms with E-state index in [2.05, 4.69) is 5.10 Å². The average Bonchev–Trinajstić information content (AvgIpc) is 3.04. The molecule has 0 fully saturated rings. The molecule has 0 spiro atoms. The summed E-state index contributed by atoms with van der Waals surface area (Å²) in [6, 6.07) is 13.9. The van der Waals surface area contributed by atoms with Gasteiger partial charge in [-0.3, -0.25) is 4.79 Å². The molecule has 0 radical (unpaired) electrons. The number of para-hydroxylation sites is 1. The Labute approximate surface area is 174 Å². The van der Waals surface area contributed by atoms with Crippen LogP contribution < -0.4 is 0 Å². The van der Waals surface area contributed by atoms with Crippen molar-refractivity contribution in [3.05, 3.63) is 69.8 Å². The molecule has 4 rings (SSSR count). The quantitative estimate of drug-likeness (QED) is 0.547. The summed E-state index contributed by atoms with van der Waals surface area (Å²) in [4.78, 5) is 13.5. The molecule has 1 aliphatic rings. The molecule has 150 valence electrons. The summed E-state index contributed by atoms with van der Waals surface area (Å²) in [6.45, 7) is -1.35. The molecule has 0 N–H and O–H groups in total. The highest BCUT2D eigenvalue weighted by Gasteiger charge is 2.38. The van der Waals surface area contributed by atoms with E-state index < -0.39 is 18.6 Å². The molecule has 3 aromatic rings. The number of nitrogens with zero attached hydrogens (tertiary/aromatic N) is 3. The van der Waals surface area contributed by atoms with Gasteiger partial charge in [-0.1, -0.05) is 47.5 Å². The standard InChI is InChI=1S/C20H14Cl2F3N3O/c21-13-7-5-12(6-8-13)18-14-9-10-27(11-20(23,24)25)19(29)17(14)26-28(18)16-4-2-1-3-15(16)22/h1-8H,9-11H2. The third-order valence-corrected chi connectivity index (χ3v) is 5.25. The molecule has 1 aromatic heterocycles. The van der Waals surface area contributed by atoms with Crippen LogP contribution in [0.15, 0.2) is 48.5 Å². The smallest absolute Gasteiger partial charge is 0.328 e. The second kappa shape index (κ2) is 7.39. The molecule has 2 aromatic carbocycles. The van der Waals surface area contributed by atoms with Crippen molar-refractivity contribution in [1.29, 1.82) is 0 Å². The fourth-order valence-electron chi connectivity index (χ4n) is 3.43. The second-order valence-corrected chi connectivity index (χ2v) is 7.48. The zero-order valence-electron chi connectivity index (χ0n) is 14.9. The van der Waals surface area contributed by atoms with Gasteiger partial charge in [-0.2, -0.15) is 18.3 Å². The predicted molar refractivity (Wildman–Crippen MR) is 105 cm³/mol. The van der Waals surface area contributed by atoms with Crippen LogP contribution in [0.25, 0.3) is 16.9 Å². The number of benzene rings is 2. The first kappa shape index (κ1) is 19.8. The van der Waals surface area contributed by atoms with E-state index in [0.29, 0.717) is 27.0 Å². The van der Waals surface area contributed by atoms with Gasteiger partial charge in [0.05, 0.1) is 16.4 Å². The summed E-state index contributed by atoms with van der Waals surface area (Å²) < 4.78 is 40.1. The summed E-state index contributed by atoms with van der Waals surface area (Å²) in [5.41, 5.74) is 2.48. The Morgan fingerprint density at radius 1 is 1.03 bits per heavy atom. The van der Waals surface area contributed by atoms with Crippen LogP contribution in [0, 0.1) is 0 Å². The van der Waals surface area contributed by atoms with E-state index >= 15 is 0 Å². The number of carbonyl (C=O) groups is 1. The Bertz CT molecular complexity index is 1080. The summed E-state index contributed by atoms with van der Waals surface area (Å²) in [7, 11) is 0. The number of alkyl halides is 3. The molecule has 0 saturated carbocycles. The second-order valence-electron chi connectivity index (χ2n) is 6.64. The Morgan fingerprint density at radius 2 is 1.72 bits per heavy atom. The number of hydrogen-bond acceptors (Lipinski definition) is 2. The fraction of sp³-hybridized carbons (Fsp3) is 0.200. The van der Waals surface area contributed by atoms with Gasteiger partial charge in [0.1, 0.15) is 6.54 Å². The summed E-state index contributed by atoms with van der Waals surface area (Å²) in [6.07, 6.45) is -4.23. The lowest BCUT2D eigenvalue weighted by molar-refractivity contribution is -0.141. The van der Waals surface area contributed by atoms with Crippen molar-refractivity contribution >= 4 is 29.1 Å². The summed E-state index contributed by atoms with van der Waals surface area (Å²) in [5, 5.41) is 5.33. The van der Waals surface area contributed by atoms with Gasteiger partial charge in [0.2, 0.25) is 0 Å². The Balaban J connectivity index is 1.89. The van der Waals surface area contributed by atoms with Crippen molar-refractivity contribution in [2.75, 3.05) is 13.1 Å². The normalized spacial score (nSPS) is 14.2. The van der Waals surface area contributed by atoms with Crippen LogP contribution in [0.2, 0.25) is 10.0 Å². The van der Waals surface area contributed by atoms with Gasteiger partial charge in [0, 0.05) is 22.7 Å². The van der Waals surface area contributed by atoms with Gasteiger partial charge in [-0.25, -0.2) is 4.68 Å². The van der Waals surface area contributed by atoms with Crippen LogP contribution >= 0.6 is 23.2 Å². The fourth-order valence-corrected chi connectivity index (χ4v) is 3.77. The van der Waals surface area contributed by atoms with Gasteiger partial charge >= 0.3 is 6.18 Å². The predicted octanol–water partition coefficient (Wildman–Crippen LogP) is 5.41. The van der Waals surface area contributed by atoms with Crippen LogP contribution in [0.3, 0.4) is 0 Å². The largest absolute Gasteiger partial charge is 0.406 e. The van der Waals surface area contributed by atoms with Crippen LogP contribution in [0.1, 0.15) is 16.1 Å². The maximum atomic E-state index is 12.8. The highest BCUT2D eigenvalue weighted by molar-refractivity contribution is 6.32. The molecule has 9 heteroatoms. The van der Waals surface area contributed by atoms with E-state index in [1.165, 1.54) is 4.68 Å². The summed E-state index contributed by atoms with van der Waals surface area (Å²) >= 11 is 12.3. The van der Waals surface area contributed by atoms with Gasteiger partial charge in [-0.05, 0) is 30.7 Å². The van der Waals surface area contributed by atoms with Crippen molar-refractivity contribution < 1.29 is 18.0 Å². The number of aromatic nitrogens is 2. The first-order chi connectivity index (χ1) is 13.7. The topological polar surface area (TPSA) is 38.1 Å². The van der Waals surface area contributed by atoms with Crippen molar-refractivity contribution in [3.63, 3.8) is 0 Å². The number of hydrogen-bond donors (Lipinski definition) is 0. The molecular formula is C20H14Cl2F3N3O. The van der Waals surface area contributed by atoms with E-state index in [1.807, 2.05) is 0 Å². The van der Waals surface area contributed by atoms with Gasteiger partial charge in [-0.15, -0.1) is 0 Å². The lowest BCUT2D eigenvalue weighted by atomic mass is 9.99. The number of amides is 1. The molecule has 0 atom stereocenters. The molecule has 4 nitrogen and oxygen atoms in total. The van der Waals surface area contributed by atoms with Gasteiger partial charge in [0.15, 0.2) is 5.69 Å². The van der Waals surface area contributed by atoms with Crippen molar-refractivity contribution in [1.82, 2.24) is 14.7 Å². The van der Waals surface area contributed by atoms with E-state index in [9.17, 15) is 18.0 Å². The molecule has 29 heavy (non-hydrogen) atoms. The third kappa shape index (κ3) is 3.84. The Morgan fingerprint density at radius 3 is 2.38 bits per heavy atom. The average molecular weight is 440 g/mol. The Kier molecular flexibility index (Phi) is 5.04. The Hall–Kier alpha value is -2.51. The maximum Gasteiger partial charge on any atom is 0.406 e. The van der Waals surface area contributed by atoms with Crippen molar-refractivity contribution in [2.45, 2.75) is 12.6 Å².